The van der Waals surface area contributed by atoms with Crippen molar-refractivity contribution in [3.63, 3.8) is 0 Å². The Hall–Kier alpha value is -1.87. The normalized spacial score (nSPS) is 19.7. The second-order valence-electron chi connectivity index (χ2n) is 9.89. The zero-order valence-electron chi connectivity index (χ0n) is 21.7. The van der Waals surface area contributed by atoms with E-state index in [-0.39, 0.29) is 11.7 Å². The SMILES string of the molecule is CCOc1nc(C)cc(Cl)c1CN1CCc2sc(N(CC)C3CCC4(CC3)OCCO4)c(C)c2C1=O. The summed E-state index contributed by atoms with van der Waals surface area (Å²) in [5, 5.41) is 1.83. The predicted molar refractivity (Wildman–Crippen MR) is 143 cm³/mol. The molecule has 5 rings (SSSR count). The average Bonchev–Trinajstić information content (AvgIpc) is 3.44. The molecule has 0 bridgehead atoms. The van der Waals surface area contributed by atoms with Gasteiger partial charge in [-0.05, 0) is 52.2 Å². The monoisotopic (exact) mass is 533 g/mol. The molecule has 9 heteroatoms. The summed E-state index contributed by atoms with van der Waals surface area (Å²) >= 11 is 8.38. The number of ether oxygens (including phenoxy) is 3. The molecule has 1 aliphatic carbocycles. The first-order valence-corrected chi connectivity index (χ1v) is 14.3. The van der Waals surface area contributed by atoms with Gasteiger partial charge in [0.05, 0.1) is 47.5 Å². The van der Waals surface area contributed by atoms with Crippen LogP contribution in [0, 0.1) is 13.8 Å². The van der Waals surface area contributed by atoms with Crippen molar-refractivity contribution >= 4 is 33.8 Å². The van der Waals surface area contributed by atoms with Gasteiger partial charge < -0.3 is 24.0 Å². The number of anilines is 1. The number of hydrogen-bond donors (Lipinski definition) is 0. The number of fused-ring (bicyclic) bond motifs is 1. The third-order valence-electron chi connectivity index (χ3n) is 7.67. The molecule has 36 heavy (non-hydrogen) atoms. The van der Waals surface area contributed by atoms with Crippen LogP contribution in [0.4, 0.5) is 5.00 Å². The molecule has 0 aromatic carbocycles. The first-order chi connectivity index (χ1) is 17.4. The van der Waals surface area contributed by atoms with Crippen molar-refractivity contribution in [1.82, 2.24) is 9.88 Å². The highest BCUT2D eigenvalue weighted by molar-refractivity contribution is 7.16. The molecular weight excluding hydrogens is 498 g/mol. The largest absolute Gasteiger partial charge is 0.478 e. The number of aromatic nitrogens is 1. The Morgan fingerprint density at radius 1 is 1.25 bits per heavy atom. The Bertz CT molecular complexity index is 1120. The summed E-state index contributed by atoms with van der Waals surface area (Å²) in [6, 6.07) is 2.27. The molecule has 1 saturated carbocycles. The van der Waals surface area contributed by atoms with Crippen LogP contribution in [0.25, 0.3) is 0 Å². The maximum atomic E-state index is 13.7. The van der Waals surface area contributed by atoms with Crippen LogP contribution in [0.5, 0.6) is 5.88 Å². The summed E-state index contributed by atoms with van der Waals surface area (Å²) in [5.41, 5.74) is 3.54. The third-order valence-corrected chi connectivity index (χ3v) is 9.39. The van der Waals surface area contributed by atoms with Crippen LogP contribution in [0.3, 0.4) is 0 Å². The molecule has 0 atom stereocenters. The molecule has 1 spiro atoms. The van der Waals surface area contributed by atoms with Crippen molar-refractivity contribution in [1.29, 1.82) is 0 Å². The number of carbonyl (C=O) groups excluding carboxylic acids is 1. The third kappa shape index (κ3) is 4.73. The van der Waals surface area contributed by atoms with Crippen LogP contribution in [0.1, 0.15) is 71.6 Å². The average molecular weight is 534 g/mol. The van der Waals surface area contributed by atoms with Crippen LogP contribution in [0.15, 0.2) is 6.07 Å². The van der Waals surface area contributed by atoms with E-state index in [9.17, 15) is 4.79 Å². The zero-order chi connectivity index (χ0) is 25.4. The molecule has 2 aliphatic heterocycles. The maximum Gasteiger partial charge on any atom is 0.255 e. The summed E-state index contributed by atoms with van der Waals surface area (Å²) in [5.74, 6) is 0.232. The molecule has 2 aromatic heterocycles. The van der Waals surface area contributed by atoms with E-state index in [1.807, 2.05) is 24.8 Å². The van der Waals surface area contributed by atoms with Crippen molar-refractivity contribution < 1.29 is 19.0 Å². The molecule has 196 valence electrons. The molecule has 1 saturated heterocycles. The summed E-state index contributed by atoms with van der Waals surface area (Å²) in [4.78, 5) is 23.8. The smallest absolute Gasteiger partial charge is 0.255 e. The number of aryl methyl sites for hydroxylation is 1. The van der Waals surface area contributed by atoms with E-state index in [1.165, 1.54) is 9.88 Å². The van der Waals surface area contributed by atoms with E-state index < -0.39 is 0 Å². The molecule has 3 aliphatic rings. The minimum atomic E-state index is -0.359. The number of pyridine rings is 1. The highest BCUT2D eigenvalue weighted by Gasteiger charge is 2.42. The fourth-order valence-corrected chi connectivity index (χ4v) is 7.59. The Morgan fingerprint density at radius 3 is 2.64 bits per heavy atom. The van der Waals surface area contributed by atoms with Crippen LogP contribution in [0.2, 0.25) is 5.02 Å². The van der Waals surface area contributed by atoms with Gasteiger partial charge in [-0.15, -0.1) is 11.3 Å². The molecule has 0 unspecified atom stereocenters. The minimum Gasteiger partial charge on any atom is -0.478 e. The van der Waals surface area contributed by atoms with Gasteiger partial charge in [0, 0.05) is 49.0 Å². The van der Waals surface area contributed by atoms with E-state index >= 15 is 0 Å². The number of nitrogens with zero attached hydrogens (tertiary/aromatic N) is 3. The number of carbonyl (C=O) groups is 1. The zero-order valence-corrected chi connectivity index (χ0v) is 23.3. The number of halogens is 1. The lowest BCUT2D eigenvalue weighted by molar-refractivity contribution is -0.178. The second kappa shape index (κ2) is 10.5. The quantitative estimate of drug-likeness (QED) is 0.467. The van der Waals surface area contributed by atoms with E-state index in [0.29, 0.717) is 49.9 Å². The Labute approximate surface area is 222 Å². The van der Waals surface area contributed by atoms with E-state index in [4.69, 9.17) is 25.8 Å². The van der Waals surface area contributed by atoms with Gasteiger partial charge >= 0.3 is 0 Å². The Kier molecular flexibility index (Phi) is 7.50. The predicted octanol–water partition coefficient (Wildman–Crippen LogP) is 5.52. The van der Waals surface area contributed by atoms with Crippen molar-refractivity contribution in [3.8, 4) is 5.88 Å². The summed E-state index contributed by atoms with van der Waals surface area (Å²) < 4.78 is 17.6. The van der Waals surface area contributed by atoms with E-state index in [2.05, 4.69) is 23.7 Å². The Morgan fingerprint density at radius 2 is 1.97 bits per heavy atom. The van der Waals surface area contributed by atoms with Gasteiger partial charge in [-0.2, -0.15) is 0 Å². The van der Waals surface area contributed by atoms with Gasteiger partial charge in [-0.1, -0.05) is 11.6 Å². The van der Waals surface area contributed by atoms with Gasteiger partial charge in [0.25, 0.3) is 5.91 Å². The van der Waals surface area contributed by atoms with E-state index in [1.54, 1.807) is 11.3 Å². The number of rotatable bonds is 7. The molecule has 2 fully saturated rings. The minimum absolute atomic E-state index is 0.0711. The van der Waals surface area contributed by atoms with Gasteiger partial charge in [-0.25, -0.2) is 4.98 Å². The fourth-order valence-electron chi connectivity index (χ4n) is 5.87. The summed E-state index contributed by atoms with van der Waals surface area (Å²) in [6.45, 7) is 12.0. The Balaban J connectivity index is 1.36. The van der Waals surface area contributed by atoms with E-state index in [0.717, 1.165) is 61.0 Å². The lowest BCUT2D eigenvalue weighted by Crippen LogP contribution is -2.44. The summed E-state index contributed by atoms with van der Waals surface area (Å²) in [7, 11) is 0. The second-order valence-corrected chi connectivity index (χ2v) is 11.4. The molecular formula is C27H36ClN3O4S. The van der Waals surface area contributed by atoms with Crippen LogP contribution < -0.4 is 9.64 Å². The van der Waals surface area contributed by atoms with Crippen molar-refractivity contribution in [3.05, 3.63) is 38.4 Å². The van der Waals surface area contributed by atoms with Crippen LogP contribution >= 0.6 is 22.9 Å². The highest BCUT2D eigenvalue weighted by Crippen LogP contribution is 2.44. The van der Waals surface area contributed by atoms with Gasteiger partial charge in [-0.3, -0.25) is 4.79 Å². The summed E-state index contributed by atoms with van der Waals surface area (Å²) in [6.07, 6.45) is 4.78. The van der Waals surface area contributed by atoms with Crippen molar-refractivity contribution in [2.75, 3.05) is 37.8 Å². The van der Waals surface area contributed by atoms with Crippen molar-refractivity contribution in [2.45, 2.75) is 78.2 Å². The standard InChI is InChI=1S/C27H36ClN3O4S/c1-5-31(19-7-10-27(11-8-19)34-13-14-35-27)26-18(4)23-22(36-26)9-12-30(25(23)32)16-20-21(28)15-17(3)29-24(20)33-6-2/h15,19H,5-14,16H2,1-4H3. The first kappa shape index (κ1) is 25.8. The lowest BCUT2D eigenvalue weighted by atomic mass is 9.89. The van der Waals surface area contributed by atoms with Crippen LogP contribution in [-0.2, 0) is 22.4 Å². The molecule has 7 nitrogen and oxygen atoms in total. The molecule has 0 radical (unpaired) electrons. The number of thiophene rings is 1. The topological polar surface area (TPSA) is 64.1 Å². The molecule has 2 aromatic rings. The van der Waals surface area contributed by atoms with Gasteiger partial charge in [0.2, 0.25) is 5.88 Å². The maximum absolute atomic E-state index is 13.7. The van der Waals surface area contributed by atoms with Crippen molar-refractivity contribution in [2.24, 2.45) is 0 Å². The van der Waals surface area contributed by atoms with Gasteiger partial charge in [0.15, 0.2) is 5.79 Å². The first-order valence-electron chi connectivity index (χ1n) is 13.1. The lowest BCUT2D eigenvalue weighted by Gasteiger charge is -2.41. The molecule has 1 amide bonds. The fraction of sp³-hybridized carbons (Fsp3) is 0.630. The van der Waals surface area contributed by atoms with Crippen LogP contribution in [-0.4, -0.2) is 60.5 Å². The number of hydrogen-bond acceptors (Lipinski definition) is 7. The molecule has 0 N–H and O–H groups in total. The molecule has 4 heterocycles. The van der Waals surface area contributed by atoms with Gasteiger partial charge in [0.1, 0.15) is 0 Å². The number of amides is 1. The highest BCUT2D eigenvalue weighted by atomic mass is 35.5.